The Balaban J connectivity index is 1.97. The number of fused-ring (bicyclic) bond motifs is 3. The van der Waals surface area contributed by atoms with E-state index in [4.69, 9.17) is 0 Å². The van der Waals surface area contributed by atoms with Crippen LogP contribution < -0.4 is 10.9 Å². The maximum Gasteiger partial charge on any atom is 0.259 e. The third-order valence-electron chi connectivity index (χ3n) is 3.78. The fourth-order valence-corrected chi connectivity index (χ4v) is 2.49. The molecule has 0 saturated carbocycles. The number of aromatic amines is 1. The van der Waals surface area contributed by atoms with Crippen molar-refractivity contribution in [2.45, 2.75) is 27.2 Å². The molecular formula is C17H20N4O2. The SMILES string of the molecule is CC(C)(C)CCNC(=O)c1cnn2c1[nH]c(=O)c1ccccc12. The van der Waals surface area contributed by atoms with E-state index in [0.29, 0.717) is 28.7 Å². The minimum Gasteiger partial charge on any atom is -0.352 e. The maximum absolute atomic E-state index is 12.4. The van der Waals surface area contributed by atoms with Gasteiger partial charge in [-0.25, -0.2) is 4.52 Å². The first-order valence-electron chi connectivity index (χ1n) is 7.64. The molecule has 0 saturated heterocycles. The molecule has 1 amide bonds. The number of carbonyl (C=O) groups excluding carboxylic acids is 1. The molecule has 0 unspecified atom stereocenters. The zero-order chi connectivity index (χ0) is 16.6. The van der Waals surface area contributed by atoms with E-state index in [1.807, 2.05) is 12.1 Å². The van der Waals surface area contributed by atoms with Crippen LogP contribution in [0.5, 0.6) is 0 Å². The number of benzene rings is 1. The van der Waals surface area contributed by atoms with Gasteiger partial charge in [-0.15, -0.1) is 0 Å². The normalized spacial score (nSPS) is 12.0. The number of H-pyrrole nitrogens is 1. The number of nitrogens with zero attached hydrogens (tertiary/aromatic N) is 2. The fourth-order valence-electron chi connectivity index (χ4n) is 2.49. The van der Waals surface area contributed by atoms with E-state index < -0.39 is 0 Å². The van der Waals surface area contributed by atoms with Crippen LogP contribution >= 0.6 is 0 Å². The number of hydrogen-bond donors (Lipinski definition) is 2. The van der Waals surface area contributed by atoms with Crippen molar-refractivity contribution < 1.29 is 4.79 Å². The average Bonchev–Trinajstić information content (AvgIpc) is 2.90. The number of rotatable bonds is 3. The van der Waals surface area contributed by atoms with Crippen LogP contribution in [0.3, 0.4) is 0 Å². The lowest BCUT2D eigenvalue weighted by molar-refractivity contribution is 0.0951. The first kappa shape index (κ1) is 15.3. The fraction of sp³-hybridized carbons (Fsp3) is 0.353. The molecule has 2 heterocycles. The predicted octanol–water partition coefficient (Wildman–Crippen LogP) is 2.34. The van der Waals surface area contributed by atoms with Crippen LogP contribution in [0.15, 0.2) is 35.3 Å². The minimum absolute atomic E-state index is 0.152. The molecule has 0 aliphatic carbocycles. The van der Waals surface area contributed by atoms with Crippen molar-refractivity contribution >= 4 is 22.5 Å². The summed E-state index contributed by atoms with van der Waals surface area (Å²) >= 11 is 0. The van der Waals surface area contributed by atoms with Gasteiger partial charge >= 0.3 is 0 Å². The highest BCUT2D eigenvalue weighted by Gasteiger charge is 2.17. The zero-order valence-corrected chi connectivity index (χ0v) is 13.5. The molecule has 0 aliphatic rings. The first-order chi connectivity index (χ1) is 10.9. The summed E-state index contributed by atoms with van der Waals surface area (Å²) in [5, 5.41) is 7.68. The van der Waals surface area contributed by atoms with E-state index in [2.05, 4.69) is 36.2 Å². The third kappa shape index (κ3) is 2.97. The van der Waals surface area contributed by atoms with E-state index in [1.54, 1.807) is 16.6 Å². The molecule has 0 atom stereocenters. The Hall–Kier alpha value is -2.63. The average molecular weight is 312 g/mol. The van der Waals surface area contributed by atoms with Crippen LogP contribution in [0.4, 0.5) is 0 Å². The topological polar surface area (TPSA) is 79.3 Å². The lowest BCUT2D eigenvalue weighted by Gasteiger charge is -2.17. The highest BCUT2D eigenvalue weighted by Crippen LogP contribution is 2.17. The Labute approximate surface area is 133 Å². The molecule has 0 spiro atoms. The van der Waals surface area contributed by atoms with Crippen molar-refractivity contribution in [2.24, 2.45) is 5.41 Å². The Morgan fingerprint density at radius 2 is 2.04 bits per heavy atom. The number of para-hydroxylation sites is 1. The first-order valence-corrected chi connectivity index (χ1v) is 7.64. The van der Waals surface area contributed by atoms with Crippen LogP contribution in [0.2, 0.25) is 0 Å². The van der Waals surface area contributed by atoms with Gasteiger partial charge in [-0.1, -0.05) is 32.9 Å². The standard InChI is InChI=1S/C17H20N4O2/c1-17(2,3)8-9-18-15(22)12-10-19-21-13-7-5-4-6-11(13)16(23)20-14(12)21/h4-7,10H,8-9H2,1-3H3,(H,18,22)(H,20,23). The van der Waals surface area contributed by atoms with E-state index in [9.17, 15) is 9.59 Å². The molecule has 0 aliphatic heterocycles. The minimum atomic E-state index is -0.227. The van der Waals surface area contributed by atoms with Gasteiger partial charge in [0.05, 0.1) is 17.1 Å². The molecule has 0 bridgehead atoms. The molecule has 2 N–H and O–H groups in total. The number of carbonyl (C=O) groups is 1. The molecule has 3 aromatic rings. The van der Waals surface area contributed by atoms with Crippen molar-refractivity contribution in [3.05, 3.63) is 46.4 Å². The van der Waals surface area contributed by atoms with Gasteiger partial charge in [0.15, 0.2) is 0 Å². The van der Waals surface area contributed by atoms with Crippen molar-refractivity contribution in [3.63, 3.8) is 0 Å². The molecule has 0 radical (unpaired) electrons. The number of hydrogen-bond acceptors (Lipinski definition) is 3. The van der Waals surface area contributed by atoms with Crippen molar-refractivity contribution in [2.75, 3.05) is 6.54 Å². The predicted molar refractivity (Wildman–Crippen MR) is 89.7 cm³/mol. The van der Waals surface area contributed by atoms with Crippen LogP contribution in [0.1, 0.15) is 37.6 Å². The summed E-state index contributed by atoms with van der Waals surface area (Å²) in [6.45, 7) is 6.95. The van der Waals surface area contributed by atoms with Gasteiger partial charge in [0, 0.05) is 6.54 Å². The lowest BCUT2D eigenvalue weighted by atomic mass is 9.92. The van der Waals surface area contributed by atoms with Crippen LogP contribution in [0, 0.1) is 5.41 Å². The molecular weight excluding hydrogens is 292 g/mol. The van der Waals surface area contributed by atoms with Crippen molar-refractivity contribution in [3.8, 4) is 0 Å². The Bertz CT molecular complexity index is 931. The summed E-state index contributed by atoms with van der Waals surface area (Å²) in [6, 6.07) is 7.18. The van der Waals surface area contributed by atoms with Crippen LogP contribution in [-0.4, -0.2) is 27.0 Å². The highest BCUT2D eigenvalue weighted by atomic mass is 16.1. The highest BCUT2D eigenvalue weighted by molar-refractivity contribution is 6.00. The van der Waals surface area contributed by atoms with Gasteiger partial charge in [-0.2, -0.15) is 5.10 Å². The zero-order valence-electron chi connectivity index (χ0n) is 13.5. The maximum atomic E-state index is 12.4. The van der Waals surface area contributed by atoms with Gasteiger partial charge in [0.1, 0.15) is 11.2 Å². The monoisotopic (exact) mass is 312 g/mol. The lowest BCUT2D eigenvalue weighted by Crippen LogP contribution is -2.27. The van der Waals surface area contributed by atoms with Crippen molar-refractivity contribution in [1.29, 1.82) is 0 Å². The molecule has 2 aromatic heterocycles. The Morgan fingerprint density at radius 1 is 1.30 bits per heavy atom. The largest absolute Gasteiger partial charge is 0.352 e. The second-order valence-corrected chi connectivity index (χ2v) is 6.86. The van der Waals surface area contributed by atoms with Gasteiger partial charge < -0.3 is 10.3 Å². The van der Waals surface area contributed by atoms with E-state index in [0.717, 1.165) is 6.42 Å². The van der Waals surface area contributed by atoms with Crippen LogP contribution in [-0.2, 0) is 0 Å². The molecule has 0 fully saturated rings. The molecule has 6 heteroatoms. The second kappa shape index (κ2) is 5.53. The summed E-state index contributed by atoms with van der Waals surface area (Å²) in [7, 11) is 0. The van der Waals surface area contributed by atoms with Crippen molar-refractivity contribution in [1.82, 2.24) is 19.9 Å². The molecule has 120 valence electrons. The number of nitrogens with one attached hydrogen (secondary N) is 2. The van der Waals surface area contributed by atoms with E-state index in [-0.39, 0.29) is 16.9 Å². The summed E-state index contributed by atoms with van der Waals surface area (Å²) in [6.07, 6.45) is 2.36. The van der Waals surface area contributed by atoms with Gasteiger partial charge in [-0.05, 0) is 24.0 Å². The van der Waals surface area contributed by atoms with Gasteiger partial charge in [0.25, 0.3) is 11.5 Å². The molecule has 1 aromatic carbocycles. The molecule has 6 nitrogen and oxygen atoms in total. The molecule has 23 heavy (non-hydrogen) atoms. The summed E-state index contributed by atoms with van der Waals surface area (Å²) < 4.78 is 1.59. The van der Waals surface area contributed by atoms with Gasteiger partial charge in [0.2, 0.25) is 0 Å². The van der Waals surface area contributed by atoms with Crippen LogP contribution in [0.25, 0.3) is 16.6 Å². The number of aromatic nitrogens is 3. The smallest absolute Gasteiger partial charge is 0.259 e. The summed E-state index contributed by atoms with van der Waals surface area (Å²) in [5.41, 5.74) is 1.40. The quantitative estimate of drug-likeness (QED) is 0.779. The van der Waals surface area contributed by atoms with Gasteiger partial charge in [-0.3, -0.25) is 9.59 Å². The van der Waals surface area contributed by atoms with E-state index >= 15 is 0 Å². The number of amides is 1. The molecule has 3 rings (SSSR count). The Kier molecular flexibility index (Phi) is 3.67. The summed E-state index contributed by atoms with van der Waals surface area (Å²) in [5.74, 6) is -0.227. The third-order valence-corrected chi connectivity index (χ3v) is 3.78. The second-order valence-electron chi connectivity index (χ2n) is 6.86. The summed E-state index contributed by atoms with van der Waals surface area (Å²) in [4.78, 5) is 27.3. The Morgan fingerprint density at radius 3 is 2.78 bits per heavy atom. The van der Waals surface area contributed by atoms with E-state index in [1.165, 1.54) is 6.20 Å².